The van der Waals surface area contributed by atoms with Crippen molar-refractivity contribution < 1.29 is 9.59 Å². The van der Waals surface area contributed by atoms with E-state index in [1.807, 2.05) is 0 Å². The lowest BCUT2D eigenvalue weighted by atomic mass is 10.1. The number of H-pyrrole nitrogens is 1. The van der Waals surface area contributed by atoms with Gasteiger partial charge in [-0.1, -0.05) is 48.5 Å². The van der Waals surface area contributed by atoms with Gasteiger partial charge in [-0.15, -0.1) is 0 Å². The fourth-order valence-electron chi connectivity index (χ4n) is 2.36. The molecular formula is C18H15N3O3. The van der Waals surface area contributed by atoms with Crippen LogP contribution in [-0.4, -0.2) is 21.5 Å². The second kappa shape index (κ2) is 6.37. The number of aromatic amines is 1. The summed E-state index contributed by atoms with van der Waals surface area (Å²) in [5.74, 6) is -0.759. The molecule has 1 heterocycles. The van der Waals surface area contributed by atoms with Crippen molar-refractivity contribution in [1.82, 2.24) is 9.78 Å². The van der Waals surface area contributed by atoms with Gasteiger partial charge in [0.05, 0.1) is 0 Å². The highest BCUT2D eigenvalue weighted by atomic mass is 16.2. The molecule has 6 nitrogen and oxygen atoms in total. The number of hydrogen-bond acceptors (Lipinski definition) is 3. The first-order chi connectivity index (χ1) is 11.6. The zero-order valence-corrected chi connectivity index (χ0v) is 12.9. The molecule has 0 bridgehead atoms. The summed E-state index contributed by atoms with van der Waals surface area (Å²) in [5.41, 5.74) is 0.227. The van der Waals surface area contributed by atoms with Crippen molar-refractivity contribution in [2.75, 3.05) is 5.32 Å². The van der Waals surface area contributed by atoms with Gasteiger partial charge in [-0.25, -0.2) is 0 Å². The van der Waals surface area contributed by atoms with E-state index in [9.17, 15) is 14.4 Å². The average Bonchev–Trinajstić information content (AvgIpc) is 2.89. The van der Waals surface area contributed by atoms with Crippen LogP contribution in [0.15, 0.2) is 65.5 Å². The van der Waals surface area contributed by atoms with Crippen molar-refractivity contribution >= 4 is 17.5 Å². The number of nitrogens with one attached hydrogen (secondary N) is 2. The third-order valence-corrected chi connectivity index (χ3v) is 3.59. The Morgan fingerprint density at radius 1 is 0.917 bits per heavy atom. The van der Waals surface area contributed by atoms with Gasteiger partial charge < -0.3 is 5.32 Å². The number of nitrogens with zero attached hydrogens (tertiary/aromatic N) is 1. The van der Waals surface area contributed by atoms with Crippen LogP contribution in [0.5, 0.6) is 0 Å². The molecular weight excluding hydrogens is 306 g/mol. The SMILES string of the molecule is Cn1[nH]c(NC(=O)c2ccccc2)c(C(=O)c2ccccc2)c1=O. The first-order valence-electron chi connectivity index (χ1n) is 7.33. The first kappa shape index (κ1) is 15.5. The first-order valence-corrected chi connectivity index (χ1v) is 7.33. The molecule has 1 aromatic heterocycles. The maximum atomic E-state index is 12.6. The summed E-state index contributed by atoms with van der Waals surface area (Å²) in [4.78, 5) is 37.2. The number of aromatic nitrogens is 2. The van der Waals surface area contributed by atoms with Crippen molar-refractivity contribution in [3.8, 4) is 0 Å². The highest BCUT2D eigenvalue weighted by Crippen LogP contribution is 2.15. The van der Waals surface area contributed by atoms with E-state index in [1.54, 1.807) is 60.7 Å². The summed E-state index contributed by atoms with van der Waals surface area (Å²) < 4.78 is 1.16. The quantitative estimate of drug-likeness (QED) is 0.723. The lowest BCUT2D eigenvalue weighted by Crippen LogP contribution is -2.20. The monoisotopic (exact) mass is 321 g/mol. The van der Waals surface area contributed by atoms with E-state index >= 15 is 0 Å². The Balaban J connectivity index is 1.98. The van der Waals surface area contributed by atoms with Crippen LogP contribution in [0.3, 0.4) is 0 Å². The summed E-state index contributed by atoms with van der Waals surface area (Å²) in [7, 11) is 1.49. The number of ketones is 1. The van der Waals surface area contributed by atoms with Gasteiger partial charge in [0.1, 0.15) is 11.4 Å². The smallest absolute Gasteiger partial charge is 0.279 e. The Kier molecular flexibility index (Phi) is 4.11. The van der Waals surface area contributed by atoms with Gasteiger partial charge in [0.15, 0.2) is 0 Å². The molecule has 1 amide bonds. The topological polar surface area (TPSA) is 84.0 Å². The molecule has 2 N–H and O–H groups in total. The van der Waals surface area contributed by atoms with E-state index in [4.69, 9.17) is 0 Å². The molecule has 0 atom stereocenters. The number of carbonyl (C=O) groups is 2. The molecule has 3 aromatic rings. The highest BCUT2D eigenvalue weighted by Gasteiger charge is 2.23. The second-order valence-electron chi connectivity index (χ2n) is 5.24. The molecule has 120 valence electrons. The molecule has 0 fully saturated rings. The Morgan fingerprint density at radius 2 is 1.46 bits per heavy atom. The van der Waals surface area contributed by atoms with Crippen LogP contribution in [0, 0.1) is 0 Å². The standard InChI is InChI=1S/C18H15N3O3/c1-21-18(24)14(15(22)12-8-4-2-5-9-12)16(20-21)19-17(23)13-10-6-3-7-11-13/h2-11,20H,1H3,(H,19,23). The Hall–Kier alpha value is -3.41. The van der Waals surface area contributed by atoms with E-state index in [0.29, 0.717) is 11.1 Å². The molecule has 0 aliphatic carbocycles. The maximum absolute atomic E-state index is 12.6. The molecule has 0 radical (unpaired) electrons. The van der Waals surface area contributed by atoms with Crippen LogP contribution in [0.1, 0.15) is 26.3 Å². The van der Waals surface area contributed by atoms with Gasteiger partial charge in [0, 0.05) is 18.2 Å². The minimum Gasteiger partial charge on any atom is -0.306 e. The summed E-state index contributed by atoms with van der Waals surface area (Å²) in [6, 6.07) is 17.0. The summed E-state index contributed by atoms with van der Waals surface area (Å²) in [6.45, 7) is 0. The van der Waals surface area contributed by atoms with E-state index < -0.39 is 17.2 Å². The Labute approximate surface area is 137 Å². The molecule has 0 unspecified atom stereocenters. The van der Waals surface area contributed by atoms with Gasteiger partial charge >= 0.3 is 0 Å². The lowest BCUT2D eigenvalue weighted by Gasteiger charge is -2.05. The van der Waals surface area contributed by atoms with Crippen molar-refractivity contribution in [2.24, 2.45) is 7.05 Å². The van der Waals surface area contributed by atoms with Gasteiger partial charge in [0.2, 0.25) is 5.78 Å². The predicted molar refractivity (Wildman–Crippen MR) is 90.3 cm³/mol. The van der Waals surface area contributed by atoms with Crippen LogP contribution in [0.4, 0.5) is 5.82 Å². The van der Waals surface area contributed by atoms with Crippen LogP contribution in [0.25, 0.3) is 0 Å². The zero-order valence-electron chi connectivity index (χ0n) is 12.9. The maximum Gasteiger partial charge on any atom is 0.279 e. The molecule has 24 heavy (non-hydrogen) atoms. The zero-order chi connectivity index (χ0) is 17.1. The number of amides is 1. The molecule has 0 saturated heterocycles. The summed E-state index contributed by atoms with van der Waals surface area (Å²) in [5, 5.41) is 5.32. The minimum absolute atomic E-state index is 0.0882. The molecule has 0 aliphatic rings. The van der Waals surface area contributed by atoms with Crippen molar-refractivity contribution in [2.45, 2.75) is 0 Å². The molecule has 6 heteroatoms. The normalized spacial score (nSPS) is 10.4. The summed E-state index contributed by atoms with van der Waals surface area (Å²) in [6.07, 6.45) is 0. The predicted octanol–water partition coefficient (Wildman–Crippen LogP) is 2.20. The molecule has 0 saturated carbocycles. The molecule has 3 rings (SSSR count). The second-order valence-corrected chi connectivity index (χ2v) is 5.24. The van der Waals surface area contributed by atoms with Crippen molar-refractivity contribution in [1.29, 1.82) is 0 Å². The highest BCUT2D eigenvalue weighted by molar-refractivity contribution is 6.14. The van der Waals surface area contributed by atoms with Crippen LogP contribution >= 0.6 is 0 Å². The van der Waals surface area contributed by atoms with Gasteiger partial charge in [-0.3, -0.25) is 24.2 Å². The number of benzene rings is 2. The Bertz CT molecular complexity index is 941. The third-order valence-electron chi connectivity index (χ3n) is 3.59. The molecule has 2 aromatic carbocycles. The number of anilines is 1. The third kappa shape index (κ3) is 2.89. The molecule has 0 spiro atoms. The largest absolute Gasteiger partial charge is 0.306 e. The molecule has 0 aliphatic heterocycles. The van der Waals surface area contributed by atoms with E-state index in [0.717, 1.165) is 4.68 Å². The van der Waals surface area contributed by atoms with Gasteiger partial charge in [-0.05, 0) is 12.1 Å². The van der Waals surface area contributed by atoms with Gasteiger partial charge in [0.25, 0.3) is 11.5 Å². The van der Waals surface area contributed by atoms with Gasteiger partial charge in [-0.2, -0.15) is 0 Å². The van der Waals surface area contributed by atoms with Crippen LogP contribution in [0.2, 0.25) is 0 Å². The fraction of sp³-hybridized carbons (Fsp3) is 0.0556. The summed E-state index contributed by atoms with van der Waals surface area (Å²) >= 11 is 0. The van der Waals surface area contributed by atoms with Crippen LogP contribution in [-0.2, 0) is 7.05 Å². The average molecular weight is 321 g/mol. The minimum atomic E-state index is -0.493. The number of hydrogen-bond donors (Lipinski definition) is 2. The van der Waals surface area contributed by atoms with Crippen molar-refractivity contribution in [3.05, 3.63) is 87.7 Å². The number of rotatable bonds is 4. The number of carbonyl (C=O) groups excluding carboxylic acids is 2. The van der Waals surface area contributed by atoms with E-state index in [-0.39, 0.29) is 11.4 Å². The fourth-order valence-corrected chi connectivity index (χ4v) is 2.36. The van der Waals surface area contributed by atoms with Crippen LogP contribution < -0.4 is 10.9 Å². The van der Waals surface area contributed by atoms with E-state index in [2.05, 4.69) is 10.4 Å². The van der Waals surface area contributed by atoms with E-state index in [1.165, 1.54) is 7.05 Å². The Morgan fingerprint density at radius 3 is 2.04 bits per heavy atom. The number of aryl methyl sites for hydroxylation is 1. The van der Waals surface area contributed by atoms with Crippen molar-refractivity contribution in [3.63, 3.8) is 0 Å². The lowest BCUT2D eigenvalue weighted by molar-refractivity contribution is 0.102.